The zero-order valence-electron chi connectivity index (χ0n) is 9.56. The highest BCUT2D eigenvalue weighted by molar-refractivity contribution is 5.22. The molecule has 0 saturated heterocycles. The Morgan fingerprint density at radius 1 is 1.19 bits per heavy atom. The average Bonchev–Trinajstić information content (AvgIpc) is 2.81. The van der Waals surface area contributed by atoms with E-state index < -0.39 is 0 Å². The van der Waals surface area contributed by atoms with Crippen molar-refractivity contribution in [2.75, 3.05) is 6.54 Å². The highest BCUT2D eigenvalue weighted by Crippen LogP contribution is 2.06. The molecule has 0 aliphatic rings. The molecule has 0 amide bonds. The lowest BCUT2D eigenvalue weighted by Gasteiger charge is -2.05. The minimum Gasteiger partial charge on any atom is -0.333 e. The van der Waals surface area contributed by atoms with E-state index in [4.69, 9.17) is 0 Å². The van der Waals surface area contributed by atoms with Gasteiger partial charge in [-0.1, -0.05) is 31.2 Å². The molecule has 1 heterocycles. The standard InChI is InChI=1S/C13H17N3/c1-2-14-9-12-3-5-13(6-4-12)10-16-8-7-15-11-16/h3-8,11,14H,2,9-10H2,1H3. The number of nitrogens with one attached hydrogen (secondary N) is 1. The van der Waals surface area contributed by atoms with Crippen LogP contribution in [0.4, 0.5) is 0 Å². The lowest BCUT2D eigenvalue weighted by Crippen LogP contribution is -2.11. The fraction of sp³-hybridized carbons (Fsp3) is 0.308. The maximum absolute atomic E-state index is 4.03. The van der Waals surface area contributed by atoms with Crippen LogP contribution in [0.3, 0.4) is 0 Å². The molecule has 1 N–H and O–H groups in total. The Hall–Kier alpha value is -1.61. The molecule has 3 nitrogen and oxygen atoms in total. The van der Waals surface area contributed by atoms with E-state index in [9.17, 15) is 0 Å². The molecule has 1 aromatic carbocycles. The summed E-state index contributed by atoms with van der Waals surface area (Å²) in [5.74, 6) is 0. The largest absolute Gasteiger partial charge is 0.333 e. The summed E-state index contributed by atoms with van der Waals surface area (Å²) in [6, 6.07) is 8.70. The summed E-state index contributed by atoms with van der Waals surface area (Å²) in [5, 5.41) is 3.31. The van der Waals surface area contributed by atoms with Crippen molar-refractivity contribution in [3.05, 3.63) is 54.1 Å². The Balaban J connectivity index is 1.96. The molecular weight excluding hydrogens is 198 g/mol. The monoisotopic (exact) mass is 215 g/mol. The molecule has 2 rings (SSSR count). The van der Waals surface area contributed by atoms with Crippen molar-refractivity contribution >= 4 is 0 Å². The molecule has 0 spiro atoms. The van der Waals surface area contributed by atoms with Crippen molar-refractivity contribution in [1.29, 1.82) is 0 Å². The van der Waals surface area contributed by atoms with Crippen molar-refractivity contribution in [1.82, 2.24) is 14.9 Å². The number of benzene rings is 1. The van der Waals surface area contributed by atoms with Crippen molar-refractivity contribution in [2.45, 2.75) is 20.0 Å². The zero-order valence-corrected chi connectivity index (χ0v) is 9.56. The molecule has 3 heteroatoms. The van der Waals surface area contributed by atoms with Gasteiger partial charge in [-0.3, -0.25) is 0 Å². The van der Waals surface area contributed by atoms with Crippen LogP contribution in [-0.4, -0.2) is 16.1 Å². The van der Waals surface area contributed by atoms with Gasteiger partial charge in [-0.05, 0) is 17.7 Å². The normalized spacial score (nSPS) is 10.6. The molecule has 0 aliphatic carbocycles. The molecule has 0 fully saturated rings. The van der Waals surface area contributed by atoms with Gasteiger partial charge in [0.25, 0.3) is 0 Å². The number of rotatable bonds is 5. The first-order valence-corrected chi connectivity index (χ1v) is 5.63. The van der Waals surface area contributed by atoms with E-state index in [1.165, 1.54) is 11.1 Å². The summed E-state index contributed by atoms with van der Waals surface area (Å²) in [6.45, 7) is 4.97. The fourth-order valence-corrected chi connectivity index (χ4v) is 1.62. The predicted octanol–water partition coefficient (Wildman–Crippen LogP) is 2.04. The lowest BCUT2D eigenvalue weighted by molar-refractivity contribution is 0.725. The van der Waals surface area contributed by atoms with Crippen LogP contribution < -0.4 is 5.32 Å². The lowest BCUT2D eigenvalue weighted by atomic mass is 10.1. The average molecular weight is 215 g/mol. The Bertz CT molecular complexity index is 403. The van der Waals surface area contributed by atoms with Crippen molar-refractivity contribution in [2.24, 2.45) is 0 Å². The first-order valence-electron chi connectivity index (χ1n) is 5.63. The van der Waals surface area contributed by atoms with Crippen LogP contribution in [0.15, 0.2) is 43.0 Å². The molecule has 1 aromatic heterocycles. The topological polar surface area (TPSA) is 29.9 Å². The highest BCUT2D eigenvalue weighted by atomic mass is 15.0. The van der Waals surface area contributed by atoms with Crippen LogP contribution in [-0.2, 0) is 13.1 Å². The number of imidazole rings is 1. The third-order valence-electron chi connectivity index (χ3n) is 2.53. The molecule has 84 valence electrons. The summed E-state index contributed by atoms with van der Waals surface area (Å²) in [7, 11) is 0. The van der Waals surface area contributed by atoms with Crippen molar-refractivity contribution < 1.29 is 0 Å². The van der Waals surface area contributed by atoms with Gasteiger partial charge in [-0.25, -0.2) is 4.98 Å². The van der Waals surface area contributed by atoms with Gasteiger partial charge >= 0.3 is 0 Å². The van der Waals surface area contributed by atoms with E-state index in [2.05, 4.69) is 46.1 Å². The molecule has 16 heavy (non-hydrogen) atoms. The summed E-state index contributed by atoms with van der Waals surface area (Å²) in [4.78, 5) is 4.03. The van der Waals surface area contributed by atoms with Crippen molar-refractivity contribution in [3.63, 3.8) is 0 Å². The summed E-state index contributed by atoms with van der Waals surface area (Å²) >= 11 is 0. The molecular formula is C13H17N3. The van der Waals surface area contributed by atoms with Gasteiger partial charge < -0.3 is 9.88 Å². The molecule has 0 unspecified atom stereocenters. The molecule has 0 atom stereocenters. The zero-order chi connectivity index (χ0) is 11.2. The molecule has 0 radical (unpaired) electrons. The first kappa shape index (κ1) is 10.9. The van der Waals surface area contributed by atoms with Crippen LogP contribution in [0, 0.1) is 0 Å². The second kappa shape index (κ2) is 5.47. The quantitative estimate of drug-likeness (QED) is 0.827. The number of hydrogen-bond acceptors (Lipinski definition) is 2. The van der Waals surface area contributed by atoms with Gasteiger partial charge in [0.15, 0.2) is 0 Å². The number of nitrogens with zero attached hydrogens (tertiary/aromatic N) is 2. The Labute approximate surface area is 96.1 Å². The van der Waals surface area contributed by atoms with Gasteiger partial charge in [-0.2, -0.15) is 0 Å². The van der Waals surface area contributed by atoms with E-state index in [0.717, 1.165) is 19.6 Å². The van der Waals surface area contributed by atoms with E-state index in [1.54, 1.807) is 6.20 Å². The van der Waals surface area contributed by atoms with Gasteiger partial charge in [0.2, 0.25) is 0 Å². The predicted molar refractivity (Wildman–Crippen MR) is 65.2 cm³/mol. The fourth-order valence-electron chi connectivity index (χ4n) is 1.62. The van der Waals surface area contributed by atoms with Crippen LogP contribution in [0.2, 0.25) is 0 Å². The Morgan fingerprint density at radius 3 is 2.56 bits per heavy atom. The summed E-state index contributed by atoms with van der Waals surface area (Å²) in [6.07, 6.45) is 5.62. The smallest absolute Gasteiger partial charge is 0.0949 e. The van der Waals surface area contributed by atoms with Gasteiger partial charge in [0, 0.05) is 25.5 Å². The van der Waals surface area contributed by atoms with Crippen LogP contribution in [0.25, 0.3) is 0 Å². The summed E-state index contributed by atoms with van der Waals surface area (Å²) in [5.41, 5.74) is 2.63. The Kier molecular flexibility index (Phi) is 3.72. The van der Waals surface area contributed by atoms with Crippen molar-refractivity contribution in [3.8, 4) is 0 Å². The van der Waals surface area contributed by atoms with Crippen LogP contribution >= 0.6 is 0 Å². The third-order valence-corrected chi connectivity index (χ3v) is 2.53. The molecule has 2 aromatic rings. The SMILES string of the molecule is CCNCc1ccc(Cn2ccnc2)cc1. The van der Waals surface area contributed by atoms with E-state index in [1.807, 2.05) is 12.5 Å². The Morgan fingerprint density at radius 2 is 1.94 bits per heavy atom. The molecule has 0 saturated carbocycles. The number of hydrogen-bond donors (Lipinski definition) is 1. The maximum atomic E-state index is 4.03. The van der Waals surface area contributed by atoms with E-state index >= 15 is 0 Å². The van der Waals surface area contributed by atoms with E-state index in [0.29, 0.717) is 0 Å². The van der Waals surface area contributed by atoms with Gasteiger partial charge in [0.1, 0.15) is 0 Å². The second-order valence-electron chi connectivity index (χ2n) is 3.83. The van der Waals surface area contributed by atoms with E-state index in [-0.39, 0.29) is 0 Å². The summed E-state index contributed by atoms with van der Waals surface area (Å²) < 4.78 is 2.07. The minimum atomic E-state index is 0.890. The van der Waals surface area contributed by atoms with Crippen LogP contribution in [0.5, 0.6) is 0 Å². The van der Waals surface area contributed by atoms with Gasteiger partial charge in [-0.15, -0.1) is 0 Å². The second-order valence-corrected chi connectivity index (χ2v) is 3.83. The molecule has 0 aliphatic heterocycles. The third kappa shape index (κ3) is 2.94. The first-order chi connectivity index (χ1) is 7.88. The maximum Gasteiger partial charge on any atom is 0.0949 e. The molecule has 0 bridgehead atoms. The minimum absolute atomic E-state index is 0.890. The van der Waals surface area contributed by atoms with Gasteiger partial charge in [0.05, 0.1) is 6.33 Å². The number of aromatic nitrogens is 2. The highest BCUT2D eigenvalue weighted by Gasteiger charge is 1.95. The van der Waals surface area contributed by atoms with Crippen LogP contribution in [0.1, 0.15) is 18.1 Å².